The Kier molecular flexibility index (Phi) is 4.76. The van der Waals surface area contributed by atoms with Crippen molar-refractivity contribution >= 4 is 11.8 Å². The summed E-state index contributed by atoms with van der Waals surface area (Å²) in [7, 11) is 0. The van der Waals surface area contributed by atoms with Gasteiger partial charge in [-0.3, -0.25) is 5.32 Å². The molecule has 0 spiro atoms. The number of hydrogen-bond acceptors (Lipinski definition) is 3. The lowest BCUT2D eigenvalue weighted by Gasteiger charge is -2.20. The molecule has 0 radical (unpaired) electrons. The smallest absolute Gasteiger partial charge is 0.412 e. The van der Waals surface area contributed by atoms with E-state index in [-0.39, 0.29) is 0 Å². The fraction of sp³-hybridized carbons (Fsp3) is 0.588. The number of carbonyl (C=O) groups excluding carboxylic acids is 1. The lowest BCUT2D eigenvalue weighted by molar-refractivity contribution is 0.0636. The zero-order chi connectivity index (χ0) is 15.5. The van der Waals surface area contributed by atoms with Crippen molar-refractivity contribution in [3.63, 3.8) is 0 Å². The van der Waals surface area contributed by atoms with E-state index in [0.29, 0.717) is 6.10 Å². The van der Waals surface area contributed by atoms with Gasteiger partial charge in [0, 0.05) is 6.07 Å². The predicted molar refractivity (Wildman–Crippen MR) is 83.9 cm³/mol. The van der Waals surface area contributed by atoms with Crippen molar-refractivity contribution in [3.8, 4) is 5.75 Å². The summed E-state index contributed by atoms with van der Waals surface area (Å²) in [6.07, 6.45) is 4.57. The van der Waals surface area contributed by atoms with E-state index in [9.17, 15) is 4.79 Å². The number of nitrogens with one attached hydrogen (secondary N) is 1. The maximum Gasteiger partial charge on any atom is 0.412 e. The van der Waals surface area contributed by atoms with E-state index in [1.807, 2.05) is 45.9 Å². The maximum absolute atomic E-state index is 11.9. The van der Waals surface area contributed by atoms with Crippen molar-refractivity contribution < 1.29 is 14.3 Å². The van der Waals surface area contributed by atoms with Crippen LogP contribution >= 0.6 is 0 Å². The third-order valence-corrected chi connectivity index (χ3v) is 3.45. The fourth-order valence-electron chi connectivity index (χ4n) is 2.42. The van der Waals surface area contributed by atoms with Gasteiger partial charge in [0.1, 0.15) is 11.4 Å². The van der Waals surface area contributed by atoms with E-state index in [1.165, 1.54) is 12.8 Å². The van der Waals surface area contributed by atoms with Crippen LogP contribution in [0.4, 0.5) is 10.5 Å². The first kappa shape index (κ1) is 15.7. The summed E-state index contributed by atoms with van der Waals surface area (Å²) in [4.78, 5) is 11.9. The number of ether oxygens (including phenoxy) is 2. The van der Waals surface area contributed by atoms with Gasteiger partial charge in [0.05, 0.1) is 11.8 Å². The normalized spacial score (nSPS) is 15.8. The van der Waals surface area contributed by atoms with Crippen LogP contribution in [0.15, 0.2) is 18.2 Å². The number of rotatable bonds is 3. The molecule has 1 fully saturated rings. The van der Waals surface area contributed by atoms with Gasteiger partial charge >= 0.3 is 6.09 Å². The first-order chi connectivity index (χ1) is 9.83. The molecule has 1 aliphatic carbocycles. The predicted octanol–water partition coefficient (Wildman–Crippen LogP) is 4.66. The molecule has 0 bridgehead atoms. The molecule has 0 aromatic heterocycles. The lowest BCUT2D eigenvalue weighted by Crippen LogP contribution is -2.27. The summed E-state index contributed by atoms with van der Waals surface area (Å²) >= 11 is 0. The van der Waals surface area contributed by atoms with Gasteiger partial charge in [-0.05, 0) is 65.0 Å². The molecule has 2 rings (SSSR count). The van der Waals surface area contributed by atoms with Gasteiger partial charge in [-0.1, -0.05) is 6.07 Å². The topological polar surface area (TPSA) is 47.6 Å². The molecule has 1 N–H and O–H groups in total. The first-order valence-electron chi connectivity index (χ1n) is 7.61. The highest BCUT2D eigenvalue weighted by atomic mass is 16.6. The first-order valence-corrected chi connectivity index (χ1v) is 7.61. The van der Waals surface area contributed by atoms with Crippen LogP contribution in [0.2, 0.25) is 0 Å². The minimum absolute atomic E-state index is 0.307. The molecule has 0 atom stereocenters. The van der Waals surface area contributed by atoms with Crippen LogP contribution in [0.3, 0.4) is 0 Å². The molecule has 0 aliphatic heterocycles. The van der Waals surface area contributed by atoms with Gasteiger partial charge in [0.2, 0.25) is 0 Å². The number of anilines is 1. The summed E-state index contributed by atoms with van der Waals surface area (Å²) < 4.78 is 11.2. The highest BCUT2D eigenvalue weighted by Crippen LogP contribution is 2.27. The Labute approximate surface area is 126 Å². The molecule has 0 unspecified atom stereocenters. The zero-order valence-electron chi connectivity index (χ0n) is 13.4. The van der Waals surface area contributed by atoms with E-state index in [0.717, 1.165) is 29.8 Å². The minimum atomic E-state index is -0.504. The third kappa shape index (κ3) is 4.96. The standard InChI is InChI=1S/C17H25NO3/c1-12-9-10-14(20-13-7-5-6-8-13)11-15(12)18-16(19)21-17(2,3)4/h9-11,13H,5-8H2,1-4H3,(H,18,19). The average Bonchev–Trinajstić information content (AvgIpc) is 2.84. The average molecular weight is 291 g/mol. The van der Waals surface area contributed by atoms with E-state index in [4.69, 9.17) is 9.47 Å². The van der Waals surface area contributed by atoms with Crippen molar-refractivity contribution in [1.29, 1.82) is 0 Å². The molecular formula is C17H25NO3. The molecule has 1 amide bonds. The van der Waals surface area contributed by atoms with Crippen LogP contribution in [-0.2, 0) is 4.74 Å². The Bertz CT molecular complexity index is 499. The summed E-state index contributed by atoms with van der Waals surface area (Å²) in [6.45, 7) is 7.49. The van der Waals surface area contributed by atoms with E-state index < -0.39 is 11.7 Å². The molecule has 21 heavy (non-hydrogen) atoms. The Morgan fingerprint density at radius 2 is 1.90 bits per heavy atom. The maximum atomic E-state index is 11.9. The van der Waals surface area contributed by atoms with Gasteiger partial charge < -0.3 is 9.47 Å². The molecule has 4 nitrogen and oxygen atoms in total. The van der Waals surface area contributed by atoms with Crippen molar-refractivity contribution in [2.45, 2.75) is 65.1 Å². The van der Waals surface area contributed by atoms with Gasteiger partial charge in [0.15, 0.2) is 0 Å². The number of carbonyl (C=O) groups is 1. The zero-order valence-corrected chi connectivity index (χ0v) is 13.4. The van der Waals surface area contributed by atoms with Crippen LogP contribution < -0.4 is 10.1 Å². The molecule has 0 heterocycles. The van der Waals surface area contributed by atoms with Crippen molar-refractivity contribution in [1.82, 2.24) is 0 Å². The fourth-order valence-corrected chi connectivity index (χ4v) is 2.42. The minimum Gasteiger partial charge on any atom is -0.490 e. The summed E-state index contributed by atoms with van der Waals surface area (Å²) in [5.41, 5.74) is 1.22. The van der Waals surface area contributed by atoms with E-state index in [2.05, 4.69) is 5.32 Å². The van der Waals surface area contributed by atoms with Crippen molar-refractivity contribution in [2.24, 2.45) is 0 Å². The Morgan fingerprint density at radius 1 is 1.24 bits per heavy atom. The molecule has 4 heteroatoms. The quantitative estimate of drug-likeness (QED) is 0.880. The van der Waals surface area contributed by atoms with Gasteiger partial charge in [0.25, 0.3) is 0 Å². The lowest BCUT2D eigenvalue weighted by atomic mass is 10.2. The highest BCUT2D eigenvalue weighted by Gasteiger charge is 2.19. The number of aryl methyl sites for hydroxylation is 1. The second kappa shape index (κ2) is 6.37. The Morgan fingerprint density at radius 3 is 2.52 bits per heavy atom. The Balaban J connectivity index is 2.02. The monoisotopic (exact) mass is 291 g/mol. The second-order valence-electron chi connectivity index (χ2n) is 6.63. The third-order valence-electron chi connectivity index (χ3n) is 3.45. The highest BCUT2D eigenvalue weighted by molar-refractivity contribution is 5.86. The number of benzene rings is 1. The van der Waals surface area contributed by atoms with Gasteiger partial charge in [-0.15, -0.1) is 0 Å². The molecule has 1 saturated carbocycles. The van der Waals surface area contributed by atoms with Gasteiger partial charge in [-0.25, -0.2) is 4.79 Å². The SMILES string of the molecule is Cc1ccc(OC2CCCC2)cc1NC(=O)OC(C)(C)C. The number of amides is 1. The molecule has 1 aromatic carbocycles. The van der Waals surface area contributed by atoms with E-state index >= 15 is 0 Å². The van der Waals surface area contributed by atoms with Crippen LogP contribution in [0.1, 0.15) is 52.0 Å². The van der Waals surface area contributed by atoms with Crippen LogP contribution in [0, 0.1) is 6.92 Å². The van der Waals surface area contributed by atoms with E-state index in [1.54, 1.807) is 0 Å². The van der Waals surface area contributed by atoms with Crippen LogP contribution in [0.25, 0.3) is 0 Å². The molecule has 0 saturated heterocycles. The molecular weight excluding hydrogens is 266 g/mol. The second-order valence-corrected chi connectivity index (χ2v) is 6.63. The summed E-state index contributed by atoms with van der Waals surface area (Å²) in [5, 5.41) is 2.79. The summed E-state index contributed by atoms with van der Waals surface area (Å²) in [6, 6.07) is 5.78. The largest absolute Gasteiger partial charge is 0.490 e. The van der Waals surface area contributed by atoms with Gasteiger partial charge in [-0.2, -0.15) is 0 Å². The summed E-state index contributed by atoms with van der Waals surface area (Å²) in [5.74, 6) is 0.804. The number of hydrogen-bond donors (Lipinski definition) is 1. The molecule has 116 valence electrons. The van der Waals surface area contributed by atoms with Crippen molar-refractivity contribution in [3.05, 3.63) is 23.8 Å². The van der Waals surface area contributed by atoms with Crippen LogP contribution in [-0.4, -0.2) is 17.8 Å². The van der Waals surface area contributed by atoms with Crippen molar-refractivity contribution in [2.75, 3.05) is 5.32 Å². The Hall–Kier alpha value is -1.71. The molecule has 1 aromatic rings. The molecule has 1 aliphatic rings. The van der Waals surface area contributed by atoms with Crippen LogP contribution in [0.5, 0.6) is 5.75 Å².